The third kappa shape index (κ3) is 2.49. The summed E-state index contributed by atoms with van der Waals surface area (Å²) in [6.45, 7) is 0. The van der Waals surface area contributed by atoms with Crippen LogP contribution in [0.2, 0.25) is 0 Å². The molecule has 2 aromatic rings. The van der Waals surface area contributed by atoms with Crippen molar-refractivity contribution in [1.82, 2.24) is 0 Å². The van der Waals surface area contributed by atoms with Crippen molar-refractivity contribution >= 4 is 22.4 Å². The smallest absolute Gasteiger partial charge is 0.131 e. The standard InChI is InChI=1S/C17H18ClF/c18-17(12-6-2-1-3-7-12)15-10-11-16(19)14-9-5-4-8-13(14)15/h4-5,8-12,17H,1-3,6-7H2. The summed E-state index contributed by atoms with van der Waals surface area (Å²) in [6.07, 6.45) is 6.25. The zero-order valence-electron chi connectivity index (χ0n) is 10.9. The van der Waals surface area contributed by atoms with Gasteiger partial charge in [-0.25, -0.2) is 4.39 Å². The molecule has 0 spiro atoms. The van der Waals surface area contributed by atoms with Crippen LogP contribution >= 0.6 is 11.6 Å². The molecule has 1 unspecified atom stereocenters. The molecule has 0 bridgehead atoms. The zero-order chi connectivity index (χ0) is 13.2. The molecule has 19 heavy (non-hydrogen) atoms. The van der Waals surface area contributed by atoms with E-state index in [4.69, 9.17) is 11.6 Å². The SMILES string of the molecule is Fc1ccc(C(Cl)C2CCCCC2)c2ccccc12. The van der Waals surface area contributed by atoms with Crippen molar-refractivity contribution in [2.75, 3.05) is 0 Å². The molecular weight excluding hydrogens is 259 g/mol. The summed E-state index contributed by atoms with van der Waals surface area (Å²) in [7, 11) is 0. The second-order valence-corrected chi connectivity index (χ2v) is 5.95. The fourth-order valence-corrected chi connectivity index (χ4v) is 3.65. The van der Waals surface area contributed by atoms with Gasteiger partial charge in [0.05, 0.1) is 5.38 Å². The highest BCUT2D eigenvalue weighted by Gasteiger charge is 2.24. The number of fused-ring (bicyclic) bond motifs is 1. The number of hydrogen-bond donors (Lipinski definition) is 0. The first kappa shape index (κ1) is 12.9. The Morgan fingerprint density at radius 3 is 2.37 bits per heavy atom. The highest BCUT2D eigenvalue weighted by molar-refractivity contribution is 6.22. The third-order valence-electron chi connectivity index (χ3n) is 4.27. The molecule has 2 aromatic carbocycles. The Balaban J connectivity index is 2.02. The minimum Gasteiger partial charge on any atom is -0.206 e. The van der Waals surface area contributed by atoms with E-state index in [0.717, 1.165) is 10.9 Å². The van der Waals surface area contributed by atoms with E-state index in [2.05, 4.69) is 0 Å². The molecule has 0 heterocycles. The van der Waals surface area contributed by atoms with E-state index >= 15 is 0 Å². The molecule has 0 aromatic heterocycles. The van der Waals surface area contributed by atoms with Crippen LogP contribution in [-0.2, 0) is 0 Å². The summed E-state index contributed by atoms with van der Waals surface area (Å²) in [5.41, 5.74) is 1.09. The fraction of sp³-hybridized carbons (Fsp3) is 0.412. The Kier molecular flexibility index (Phi) is 3.74. The normalized spacial score (nSPS) is 18.6. The van der Waals surface area contributed by atoms with Crippen LogP contribution in [0, 0.1) is 11.7 Å². The van der Waals surface area contributed by atoms with Crippen LogP contribution in [0.4, 0.5) is 4.39 Å². The summed E-state index contributed by atoms with van der Waals surface area (Å²) < 4.78 is 13.8. The van der Waals surface area contributed by atoms with Gasteiger partial charge < -0.3 is 0 Å². The van der Waals surface area contributed by atoms with Gasteiger partial charge in [-0.3, -0.25) is 0 Å². The Labute approximate surface area is 118 Å². The third-order valence-corrected chi connectivity index (χ3v) is 4.86. The summed E-state index contributed by atoms with van der Waals surface area (Å²) in [5, 5.41) is 1.65. The monoisotopic (exact) mass is 276 g/mol. The van der Waals surface area contributed by atoms with Crippen molar-refractivity contribution in [3.63, 3.8) is 0 Å². The summed E-state index contributed by atoms with van der Waals surface area (Å²) >= 11 is 6.69. The van der Waals surface area contributed by atoms with Crippen molar-refractivity contribution in [2.24, 2.45) is 5.92 Å². The first-order valence-electron chi connectivity index (χ1n) is 7.08. The number of alkyl halides is 1. The topological polar surface area (TPSA) is 0 Å². The maximum Gasteiger partial charge on any atom is 0.131 e. The maximum atomic E-state index is 13.8. The van der Waals surface area contributed by atoms with Crippen molar-refractivity contribution in [3.8, 4) is 0 Å². The number of rotatable bonds is 2. The average molecular weight is 277 g/mol. The molecule has 1 aliphatic rings. The molecule has 0 N–H and O–H groups in total. The molecule has 0 radical (unpaired) electrons. The molecule has 1 fully saturated rings. The molecule has 100 valence electrons. The zero-order valence-corrected chi connectivity index (χ0v) is 11.7. The van der Waals surface area contributed by atoms with Crippen molar-refractivity contribution in [3.05, 3.63) is 47.8 Å². The Bertz CT molecular complexity index is 572. The first-order chi connectivity index (χ1) is 9.27. The van der Waals surface area contributed by atoms with Gasteiger partial charge in [-0.15, -0.1) is 11.6 Å². The summed E-state index contributed by atoms with van der Waals surface area (Å²) in [4.78, 5) is 0. The second-order valence-electron chi connectivity index (χ2n) is 5.48. The van der Waals surface area contributed by atoms with Crippen molar-refractivity contribution in [2.45, 2.75) is 37.5 Å². The molecule has 2 heteroatoms. The molecule has 0 saturated heterocycles. The lowest BCUT2D eigenvalue weighted by Gasteiger charge is -2.27. The van der Waals surface area contributed by atoms with Crippen molar-refractivity contribution < 1.29 is 4.39 Å². The van der Waals surface area contributed by atoms with Gasteiger partial charge >= 0.3 is 0 Å². The Morgan fingerprint density at radius 1 is 0.947 bits per heavy atom. The molecule has 0 aliphatic heterocycles. The highest BCUT2D eigenvalue weighted by Crippen LogP contribution is 2.41. The quantitative estimate of drug-likeness (QED) is 0.605. The molecule has 1 saturated carbocycles. The minimum atomic E-state index is -0.160. The van der Waals surface area contributed by atoms with Crippen LogP contribution in [0.3, 0.4) is 0 Å². The summed E-state index contributed by atoms with van der Waals surface area (Å²) in [5.74, 6) is 0.371. The first-order valence-corrected chi connectivity index (χ1v) is 7.52. The Hall–Kier alpha value is -1.08. The predicted molar refractivity (Wildman–Crippen MR) is 79.1 cm³/mol. The van der Waals surface area contributed by atoms with Gasteiger partial charge in [0, 0.05) is 5.39 Å². The Morgan fingerprint density at radius 2 is 1.63 bits per heavy atom. The maximum absolute atomic E-state index is 13.8. The minimum absolute atomic E-state index is 0.00537. The predicted octanol–water partition coefficient (Wildman–Crippen LogP) is 5.84. The number of halogens is 2. The van der Waals surface area contributed by atoms with E-state index in [-0.39, 0.29) is 11.2 Å². The fourth-order valence-electron chi connectivity index (χ4n) is 3.21. The van der Waals surface area contributed by atoms with E-state index in [1.807, 2.05) is 30.3 Å². The van der Waals surface area contributed by atoms with Gasteiger partial charge in [0.25, 0.3) is 0 Å². The molecule has 1 aliphatic carbocycles. The lowest BCUT2D eigenvalue weighted by Crippen LogP contribution is -2.12. The van der Waals surface area contributed by atoms with Crippen LogP contribution in [0.15, 0.2) is 36.4 Å². The average Bonchev–Trinajstić information content (AvgIpc) is 2.48. The van der Waals surface area contributed by atoms with Gasteiger partial charge in [-0.1, -0.05) is 49.6 Å². The van der Waals surface area contributed by atoms with Crippen LogP contribution < -0.4 is 0 Å². The molecule has 3 rings (SSSR count). The van der Waals surface area contributed by atoms with Gasteiger partial charge in [0.1, 0.15) is 5.82 Å². The molecule has 1 atom stereocenters. The number of benzene rings is 2. The van der Waals surface area contributed by atoms with Crippen LogP contribution in [0.5, 0.6) is 0 Å². The van der Waals surface area contributed by atoms with E-state index in [9.17, 15) is 4.39 Å². The lowest BCUT2D eigenvalue weighted by molar-refractivity contribution is 0.349. The van der Waals surface area contributed by atoms with Gasteiger partial charge in [-0.2, -0.15) is 0 Å². The molecular formula is C17H18ClF. The van der Waals surface area contributed by atoms with Gasteiger partial charge in [0.2, 0.25) is 0 Å². The van der Waals surface area contributed by atoms with Crippen LogP contribution in [0.25, 0.3) is 10.8 Å². The largest absolute Gasteiger partial charge is 0.206 e. The summed E-state index contributed by atoms with van der Waals surface area (Å²) in [6, 6.07) is 11.1. The number of hydrogen-bond acceptors (Lipinski definition) is 0. The van der Waals surface area contributed by atoms with Crippen molar-refractivity contribution in [1.29, 1.82) is 0 Å². The van der Waals surface area contributed by atoms with Crippen LogP contribution in [0.1, 0.15) is 43.0 Å². The van der Waals surface area contributed by atoms with Gasteiger partial charge in [-0.05, 0) is 35.8 Å². The highest BCUT2D eigenvalue weighted by atomic mass is 35.5. The second kappa shape index (κ2) is 5.50. The van der Waals surface area contributed by atoms with E-state index < -0.39 is 0 Å². The molecule has 0 amide bonds. The van der Waals surface area contributed by atoms with E-state index in [1.165, 1.54) is 32.1 Å². The molecule has 0 nitrogen and oxygen atoms in total. The van der Waals surface area contributed by atoms with E-state index in [1.54, 1.807) is 6.07 Å². The van der Waals surface area contributed by atoms with E-state index in [0.29, 0.717) is 11.3 Å². The van der Waals surface area contributed by atoms with Crippen LogP contribution in [-0.4, -0.2) is 0 Å². The lowest BCUT2D eigenvalue weighted by atomic mass is 9.83. The van der Waals surface area contributed by atoms with Gasteiger partial charge in [0.15, 0.2) is 0 Å².